The predicted octanol–water partition coefficient (Wildman–Crippen LogP) is 2.31. The SMILES string of the molecule is CN=C(NCc1sc(C)nc1C)NC1CCN(CCOC(C)C)CC1. The second-order valence-corrected chi connectivity index (χ2v) is 8.13. The number of likely N-dealkylation sites (tertiary alicyclic amines) is 1. The predicted molar refractivity (Wildman–Crippen MR) is 105 cm³/mol. The van der Waals surface area contributed by atoms with E-state index in [1.807, 2.05) is 14.0 Å². The molecule has 25 heavy (non-hydrogen) atoms. The highest BCUT2D eigenvalue weighted by Crippen LogP contribution is 2.16. The van der Waals surface area contributed by atoms with Crippen molar-refractivity contribution in [3.63, 3.8) is 0 Å². The summed E-state index contributed by atoms with van der Waals surface area (Å²) >= 11 is 1.75. The molecule has 1 aromatic rings. The number of thiazole rings is 1. The van der Waals surface area contributed by atoms with Gasteiger partial charge in [-0.15, -0.1) is 11.3 Å². The molecule has 0 unspecified atom stereocenters. The zero-order valence-electron chi connectivity index (χ0n) is 16.3. The van der Waals surface area contributed by atoms with Gasteiger partial charge >= 0.3 is 0 Å². The third-order valence-corrected chi connectivity index (χ3v) is 5.50. The van der Waals surface area contributed by atoms with Gasteiger partial charge in [-0.3, -0.25) is 4.99 Å². The number of aromatic nitrogens is 1. The van der Waals surface area contributed by atoms with Crippen LogP contribution in [0.1, 0.15) is 42.3 Å². The van der Waals surface area contributed by atoms with E-state index in [2.05, 4.69) is 46.3 Å². The Bertz CT molecular complexity index is 550. The van der Waals surface area contributed by atoms with Crippen molar-refractivity contribution in [2.24, 2.45) is 4.99 Å². The maximum absolute atomic E-state index is 5.65. The molecule has 2 heterocycles. The molecule has 0 radical (unpaired) electrons. The van der Waals surface area contributed by atoms with Gasteiger partial charge in [-0.05, 0) is 40.5 Å². The van der Waals surface area contributed by atoms with Gasteiger partial charge in [0, 0.05) is 37.6 Å². The molecule has 0 aromatic carbocycles. The summed E-state index contributed by atoms with van der Waals surface area (Å²) in [6, 6.07) is 0.484. The number of aryl methyl sites for hydroxylation is 2. The Balaban J connectivity index is 1.69. The van der Waals surface area contributed by atoms with Gasteiger partial charge in [-0.1, -0.05) is 0 Å². The van der Waals surface area contributed by atoms with Gasteiger partial charge in [0.15, 0.2) is 5.96 Å². The first-order chi connectivity index (χ1) is 12.0. The molecule has 1 aliphatic rings. The van der Waals surface area contributed by atoms with Gasteiger partial charge in [-0.2, -0.15) is 0 Å². The van der Waals surface area contributed by atoms with Gasteiger partial charge in [0.05, 0.1) is 30.0 Å². The van der Waals surface area contributed by atoms with Gasteiger partial charge in [0.25, 0.3) is 0 Å². The molecule has 2 N–H and O–H groups in total. The molecule has 1 saturated heterocycles. The molecular weight excluding hydrogens is 334 g/mol. The molecule has 0 aliphatic carbocycles. The molecule has 2 rings (SSSR count). The molecular formula is C18H33N5OS. The molecule has 6 nitrogen and oxygen atoms in total. The van der Waals surface area contributed by atoms with E-state index in [1.165, 1.54) is 4.88 Å². The van der Waals surface area contributed by atoms with Crippen molar-refractivity contribution in [3.05, 3.63) is 15.6 Å². The van der Waals surface area contributed by atoms with Crippen LogP contribution < -0.4 is 10.6 Å². The molecule has 0 spiro atoms. The molecule has 142 valence electrons. The van der Waals surface area contributed by atoms with Gasteiger partial charge in [0.2, 0.25) is 0 Å². The normalized spacial score (nSPS) is 17.3. The lowest BCUT2D eigenvalue weighted by Crippen LogP contribution is -2.48. The minimum Gasteiger partial charge on any atom is -0.377 e. The standard InChI is InChI=1S/C18H33N5OS/c1-13(2)24-11-10-23-8-6-16(7-9-23)22-18(19-5)20-12-17-14(3)21-15(4)25-17/h13,16H,6-12H2,1-5H3,(H2,19,20,22). The lowest BCUT2D eigenvalue weighted by molar-refractivity contribution is 0.0532. The second kappa shape index (κ2) is 10.1. The van der Waals surface area contributed by atoms with Crippen LogP contribution in [0.2, 0.25) is 0 Å². The monoisotopic (exact) mass is 367 g/mol. The number of nitrogens with zero attached hydrogens (tertiary/aromatic N) is 3. The smallest absolute Gasteiger partial charge is 0.191 e. The number of hydrogen-bond donors (Lipinski definition) is 2. The fraction of sp³-hybridized carbons (Fsp3) is 0.778. The van der Waals surface area contributed by atoms with Crippen LogP contribution in [0.25, 0.3) is 0 Å². The Morgan fingerprint density at radius 2 is 2.08 bits per heavy atom. The maximum atomic E-state index is 5.65. The number of aliphatic imine (C=N–C) groups is 1. The summed E-state index contributed by atoms with van der Waals surface area (Å²) in [6.07, 6.45) is 2.60. The molecule has 0 amide bonds. The molecule has 1 aromatic heterocycles. The Morgan fingerprint density at radius 3 is 2.64 bits per heavy atom. The fourth-order valence-corrected chi connectivity index (χ4v) is 3.88. The Labute approximate surface area is 156 Å². The third kappa shape index (κ3) is 6.92. The zero-order chi connectivity index (χ0) is 18.2. The van der Waals surface area contributed by atoms with E-state index >= 15 is 0 Å². The lowest BCUT2D eigenvalue weighted by Gasteiger charge is -2.33. The van der Waals surface area contributed by atoms with E-state index in [4.69, 9.17) is 4.74 Å². The highest BCUT2D eigenvalue weighted by molar-refractivity contribution is 7.11. The van der Waals surface area contributed by atoms with E-state index in [-0.39, 0.29) is 0 Å². The summed E-state index contributed by atoms with van der Waals surface area (Å²) in [4.78, 5) is 12.6. The van der Waals surface area contributed by atoms with E-state index in [1.54, 1.807) is 11.3 Å². The minimum atomic E-state index is 0.319. The molecule has 1 aliphatic heterocycles. The molecule has 1 fully saturated rings. The van der Waals surface area contributed by atoms with Crippen molar-refractivity contribution in [2.75, 3.05) is 33.3 Å². The largest absolute Gasteiger partial charge is 0.377 e. The van der Waals surface area contributed by atoms with Crippen LogP contribution in [-0.2, 0) is 11.3 Å². The number of hydrogen-bond acceptors (Lipinski definition) is 5. The van der Waals surface area contributed by atoms with E-state index in [0.717, 1.165) is 62.3 Å². The average Bonchev–Trinajstić information content (AvgIpc) is 2.90. The molecule has 0 atom stereocenters. The third-order valence-electron chi connectivity index (χ3n) is 4.43. The quantitative estimate of drug-likeness (QED) is 0.572. The summed E-state index contributed by atoms with van der Waals surface area (Å²) in [6.45, 7) is 13.2. The number of guanidine groups is 1. The lowest BCUT2D eigenvalue weighted by atomic mass is 10.1. The van der Waals surface area contributed by atoms with Crippen molar-refractivity contribution >= 4 is 17.3 Å². The van der Waals surface area contributed by atoms with E-state index < -0.39 is 0 Å². The summed E-state index contributed by atoms with van der Waals surface area (Å²) in [5.41, 5.74) is 1.11. The zero-order valence-corrected chi connectivity index (χ0v) is 17.1. The van der Waals surface area contributed by atoms with Crippen molar-refractivity contribution in [2.45, 2.75) is 59.2 Å². The van der Waals surface area contributed by atoms with Crippen LogP contribution in [0.3, 0.4) is 0 Å². The van der Waals surface area contributed by atoms with Crippen LogP contribution >= 0.6 is 11.3 Å². The van der Waals surface area contributed by atoms with Crippen molar-refractivity contribution in [1.29, 1.82) is 0 Å². The summed E-state index contributed by atoms with van der Waals surface area (Å²) < 4.78 is 5.65. The molecule has 7 heteroatoms. The Hall–Kier alpha value is -1.18. The Morgan fingerprint density at radius 1 is 1.36 bits per heavy atom. The first kappa shape index (κ1) is 20.1. The van der Waals surface area contributed by atoms with Crippen LogP contribution in [0, 0.1) is 13.8 Å². The van der Waals surface area contributed by atoms with Crippen molar-refractivity contribution in [3.8, 4) is 0 Å². The van der Waals surface area contributed by atoms with E-state index in [0.29, 0.717) is 12.1 Å². The van der Waals surface area contributed by atoms with Crippen LogP contribution in [0.4, 0.5) is 0 Å². The van der Waals surface area contributed by atoms with Crippen LogP contribution in [-0.4, -0.2) is 61.3 Å². The highest BCUT2D eigenvalue weighted by Gasteiger charge is 2.20. The summed E-state index contributed by atoms with van der Waals surface area (Å²) in [5.74, 6) is 0.882. The van der Waals surface area contributed by atoms with E-state index in [9.17, 15) is 0 Å². The number of ether oxygens (including phenoxy) is 1. The number of rotatable bonds is 7. The van der Waals surface area contributed by atoms with Gasteiger partial charge < -0.3 is 20.3 Å². The average molecular weight is 368 g/mol. The molecule has 0 bridgehead atoms. The minimum absolute atomic E-state index is 0.319. The van der Waals surface area contributed by atoms with Crippen LogP contribution in [0.5, 0.6) is 0 Å². The first-order valence-electron chi connectivity index (χ1n) is 9.22. The van der Waals surface area contributed by atoms with Crippen molar-refractivity contribution < 1.29 is 4.74 Å². The fourth-order valence-electron chi connectivity index (χ4n) is 3.01. The second-order valence-electron chi connectivity index (χ2n) is 6.85. The number of piperidine rings is 1. The maximum Gasteiger partial charge on any atom is 0.191 e. The summed E-state index contributed by atoms with van der Waals surface area (Å²) in [7, 11) is 1.83. The number of nitrogens with one attached hydrogen (secondary N) is 2. The van der Waals surface area contributed by atoms with Gasteiger partial charge in [0.1, 0.15) is 0 Å². The molecule has 0 saturated carbocycles. The van der Waals surface area contributed by atoms with Crippen LogP contribution in [0.15, 0.2) is 4.99 Å². The van der Waals surface area contributed by atoms with Crippen molar-refractivity contribution in [1.82, 2.24) is 20.5 Å². The Kier molecular flexibility index (Phi) is 8.12. The highest BCUT2D eigenvalue weighted by atomic mass is 32.1. The summed E-state index contributed by atoms with van der Waals surface area (Å²) in [5, 5.41) is 8.10. The topological polar surface area (TPSA) is 61.8 Å². The van der Waals surface area contributed by atoms with Gasteiger partial charge in [-0.25, -0.2) is 4.98 Å². The first-order valence-corrected chi connectivity index (χ1v) is 10.0.